The van der Waals surface area contributed by atoms with Crippen LogP contribution in [0.2, 0.25) is 0 Å². The molecule has 1 aromatic heterocycles. The van der Waals surface area contributed by atoms with Crippen molar-refractivity contribution in [3.05, 3.63) is 47.2 Å². The van der Waals surface area contributed by atoms with Gasteiger partial charge in [-0.2, -0.15) is 0 Å². The van der Waals surface area contributed by atoms with E-state index in [4.69, 9.17) is 4.74 Å². The lowest BCUT2D eigenvalue weighted by atomic mass is 9.64. The van der Waals surface area contributed by atoms with E-state index in [1.165, 1.54) is 16.6 Å². The van der Waals surface area contributed by atoms with Crippen LogP contribution in [0.25, 0.3) is 10.9 Å². The number of aliphatic hydroxyl groups is 1. The molecule has 0 saturated carbocycles. The number of carbonyl (C=O) groups excluding carboxylic acids is 1. The second-order valence-corrected chi connectivity index (χ2v) is 7.98. The zero-order valence-corrected chi connectivity index (χ0v) is 15.2. The number of fused-ring (bicyclic) bond motifs is 6. The largest absolute Gasteiger partial charge is 0.364 e. The van der Waals surface area contributed by atoms with Gasteiger partial charge in [0.15, 0.2) is 6.29 Å². The summed E-state index contributed by atoms with van der Waals surface area (Å²) in [4.78, 5) is 19.0. The summed E-state index contributed by atoms with van der Waals surface area (Å²) >= 11 is 0. The Labute approximate surface area is 152 Å². The van der Waals surface area contributed by atoms with Gasteiger partial charge in [-0.15, -0.1) is 0 Å². The number of rotatable bonds is 0. The van der Waals surface area contributed by atoms with Gasteiger partial charge in [0, 0.05) is 29.1 Å². The van der Waals surface area contributed by atoms with Crippen LogP contribution in [0.3, 0.4) is 0 Å². The van der Waals surface area contributed by atoms with E-state index in [2.05, 4.69) is 23.2 Å². The number of nitrogens with one attached hydrogen (secondary N) is 1. The molecule has 5 rings (SSSR count). The maximum atomic E-state index is 13.4. The fourth-order valence-corrected chi connectivity index (χ4v) is 5.30. The molecule has 2 aromatic rings. The number of aromatic nitrogens is 1. The van der Waals surface area contributed by atoms with E-state index in [1.54, 1.807) is 0 Å². The molecule has 4 atom stereocenters. The number of para-hydroxylation sites is 1. The number of amides is 1. The maximum absolute atomic E-state index is 13.4. The van der Waals surface area contributed by atoms with Crippen molar-refractivity contribution in [2.24, 2.45) is 11.3 Å². The van der Waals surface area contributed by atoms with Gasteiger partial charge in [-0.3, -0.25) is 4.79 Å². The van der Waals surface area contributed by atoms with Crippen molar-refractivity contribution >= 4 is 16.8 Å². The van der Waals surface area contributed by atoms with Crippen molar-refractivity contribution in [1.29, 1.82) is 0 Å². The highest BCUT2D eigenvalue weighted by Crippen LogP contribution is 2.53. The molecule has 2 N–H and O–H groups in total. The summed E-state index contributed by atoms with van der Waals surface area (Å²) in [6.07, 6.45) is 2.72. The number of allylic oxidation sites excluding steroid dienone is 1. The van der Waals surface area contributed by atoms with E-state index in [0.717, 1.165) is 30.5 Å². The lowest BCUT2D eigenvalue weighted by Gasteiger charge is -2.53. The monoisotopic (exact) mass is 352 g/mol. The van der Waals surface area contributed by atoms with E-state index in [9.17, 15) is 9.90 Å². The van der Waals surface area contributed by atoms with Crippen LogP contribution in [0, 0.1) is 11.3 Å². The first-order valence-corrected chi connectivity index (χ1v) is 9.41. The molecule has 0 bridgehead atoms. The molecule has 5 nitrogen and oxygen atoms in total. The average molecular weight is 352 g/mol. The first-order valence-electron chi connectivity index (χ1n) is 9.41. The molecule has 1 amide bonds. The quantitative estimate of drug-likeness (QED) is 0.717. The molecule has 0 spiro atoms. The Morgan fingerprint density at radius 2 is 2.19 bits per heavy atom. The second kappa shape index (κ2) is 5.44. The first-order chi connectivity index (χ1) is 12.5. The van der Waals surface area contributed by atoms with Gasteiger partial charge < -0.3 is 19.7 Å². The van der Waals surface area contributed by atoms with E-state index in [1.807, 2.05) is 30.9 Å². The fourth-order valence-electron chi connectivity index (χ4n) is 5.30. The minimum absolute atomic E-state index is 0.00219. The molecule has 5 heteroatoms. The molecule has 4 unspecified atom stereocenters. The Balaban J connectivity index is 1.63. The number of ether oxygens (including phenoxy) is 1. The highest BCUT2D eigenvalue weighted by molar-refractivity contribution is 5.88. The number of aliphatic hydroxyl groups excluding tert-OH is 1. The lowest BCUT2D eigenvalue weighted by molar-refractivity contribution is -0.186. The van der Waals surface area contributed by atoms with Crippen molar-refractivity contribution in [1.82, 2.24) is 9.88 Å². The average Bonchev–Trinajstić information content (AvgIpc) is 3.03. The lowest BCUT2D eigenvalue weighted by Crippen LogP contribution is -2.60. The predicted molar refractivity (Wildman–Crippen MR) is 98.4 cm³/mol. The third-order valence-electron chi connectivity index (χ3n) is 6.70. The van der Waals surface area contributed by atoms with Crippen molar-refractivity contribution < 1.29 is 14.6 Å². The molecule has 0 aliphatic carbocycles. The molecule has 1 aromatic carbocycles. The van der Waals surface area contributed by atoms with Crippen molar-refractivity contribution in [3.8, 4) is 0 Å². The number of hydrogen-bond donors (Lipinski definition) is 2. The molecule has 3 aliphatic heterocycles. The molecular weight excluding hydrogens is 328 g/mol. The number of H-pyrrole nitrogens is 1. The second-order valence-electron chi connectivity index (χ2n) is 7.98. The molecule has 0 radical (unpaired) electrons. The normalized spacial score (nSPS) is 35.3. The summed E-state index contributed by atoms with van der Waals surface area (Å²) in [5.74, 6) is 0.150. The molecule has 2 fully saturated rings. The topological polar surface area (TPSA) is 65.6 Å². The summed E-state index contributed by atoms with van der Waals surface area (Å²) in [6, 6.07) is 8.40. The van der Waals surface area contributed by atoms with Crippen LogP contribution in [-0.2, 0) is 16.0 Å². The van der Waals surface area contributed by atoms with Crippen molar-refractivity contribution in [3.63, 3.8) is 0 Å². The molecule has 4 heterocycles. The highest BCUT2D eigenvalue weighted by Gasteiger charge is 2.56. The zero-order chi connectivity index (χ0) is 18.1. The molecule has 2 saturated heterocycles. The summed E-state index contributed by atoms with van der Waals surface area (Å²) < 4.78 is 5.55. The van der Waals surface area contributed by atoms with Gasteiger partial charge in [-0.25, -0.2) is 0 Å². The standard InChI is InChI=1S/C21H24N2O3/c1-3-12-15-10-17-18-14(13-6-4-5-7-16(13)22-18)8-9-23(17)20(25)21(15,2)11-26-19(12)24/h3-7,15,17,19,22,24H,8-11H2,1-2H3. The van der Waals surface area contributed by atoms with Gasteiger partial charge in [-0.1, -0.05) is 24.3 Å². The first kappa shape index (κ1) is 16.1. The number of benzene rings is 1. The highest BCUT2D eigenvalue weighted by atomic mass is 16.6. The Morgan fingerprint density at radius 3 is 3.00 bits per heavy atom. The fraction of sp³-hybridized carbons (Fsp3) is 0.476. The van der Waals surface area contributed by atoms with Gasteiger partial charge in [-0.05, 0) is 43.9 Å². The van der Waals surface area contributed by atoms with Gasteiger partial charge in [0.25, 0.3) is 0 Å². The molecule has 3 aliphatic rings. The third kappa shape index (κ3) is 1.96. The molecule has 26 heavy (non-hydrogen) atoms. The van der Waals surface area contributed by atoms with E-state index in [0.29, 0.717) is 0 Å². The minimum Gasteiger partial charge on any atom is -0.364 e. The Hall–Kier alpha value is -2.11. The van der Waals surface area contributed by atoms with Crippen molar-refractivity contribution in [2.45, 2.75) is 39.0 Å². The van der Waals surface area contributed by atoms with Gasteiger partial charge >= 0.3 is 0 Å². The minimum atomic E-state index is -0.900. The van der Waals surface area contributed by atoms with Gasteiger partial charge in [0.1, 0.15) is 0 Å². The number of piperidine rings is 1. The van der Waals surface area contributed by atoms with Crippen LogP contribution in [0.5, 0.6) is 0 Å². The maximum Gasteiger partial charge on any atom is 0.232 e. The SMILES string of the molecule is CC=C1C(O)OCC2(C)C(=O)N3CCc4c([nH]c5ccccc45)C3CC12. The summed E-state index contributed by atoms with van der Waals surface area (Å²) in [5, 5.41) is 11.6. The Kier molecular flexibility index (Phi) is 3.37. The Morgan fingerprint density at radius 1 is 1.38 bits per heavy atom. The number of hydrogen-bond acceptors (Lipinski definition) is 3. The van der Waals surface area contributed by atoms with Crippen LogP contribution >= 0.6 is 0 Å². The van der Waals surface area contributed by atoms with Crippen LogP contribution in [0.1, 0.15) is 37.6 Å². The summed E-state index contributed by atoms with van der Waals surface area (Å²) in [5.41, 5.74) is 3.90. The van der Waals surface area contributed by atoms with Gasteiger partial charge in [0.05, 0.1) is 18.1 Å². The molecule has 136 valence electrons. The molecular formula is C21H24N2O3. The van der Waals surface area contributed by atoms with E-state index in [-0.39, 0.29) is 24.5 Å². The van der Waals surface area contributed by atoms with E-state index >= 15 is 0 Å². The van der Waals surface area contributed by atoms with Crippen LogP contribution in [0.4, 0.5) is 0 Å². The zero-order valence-electron chi connectivity index (χ0n) is 15.2. The summed E-state index contributed by atoms with van der Waals surface area (Å²) in [6.45, 7) is 4.93. The number of aromatic amines is 1. The van der Waals surface area contributed by atoms with E-state index < -0.39 is 11.7 Å². The number of nitrogens with zero attached hydrogens (tertiary/aromatic N) is 1. The van der Waals surface area contributed by atoms with Crippen LogP contribution < -0.4 is 0 Å². The van der Waals surface area contributed by atoms with Gasteiger partial charge in [0.2, 0.25) is 5.91 Å². The van der Waals surface area contributed by atoms with Crippen LogP contribution in [0.15, 0.2) is 35.9 Å². The van der Waals surface area contributed by atoms with Crippen molar-refractivity contribution in [2.75, 3.05) is 13.2 Å². The van der Waals surface area contributed by atoms with Crippen LogP contribution in [-0.4, -0.2) is 40.3 Å². The smallest absolute Gasteiger partial charge is 0.232 e. The number of carbonyl (C=O) groups is 1. The third-order valence-corrected chi connectivity index (χ3v) is 6.70. The predicted octanol–water partition coefficient (Wildman–Crippen LogP) is 2.91. The summed E-state index contributed by atoms with van der Waals surface area (Å²) in [7, 11) is 0. The Bertz CT molecular complexity index is 930.